The van der Waals surface area contributed by atoms with Crippen molar-refractivity contribution in [2.24, 2.45) is 5.92 Å². The minimum Gasteiger partial charge on any atom is -0.485 e. The van der Waals surface area contributed by atoms with E-state index >= 15 is 0 Å². The molecule has 3 aliphatic rings. The molecule has 0 aromatic heterocycles. The molecule has 0 spiro atoms. The van der Waals surface area contributed by atoms with Gasteiger partial charge in [0.1, 0.15) is 23.4 Å². The van der Waals surface area contributed by atoms with Crippen molar-refractivity contribution in [1.29, 1.82) is 0 Å². The summed E-state index contributed by atoms with van der Waals surface area (Å²) in [6, 6.07) is 16.0. The molecule has 0 saturated heterocycles. The van der Waals surface area contributed by atoms with Gasteiger partial charge in [0.25, 0.3) is 5.79 Å². The van der Waals surface area contributed by atoms with E-state index in [4.69, 9.17) is 14.2 Å². The zero-order valence-electron chi connectivity index (χ0n) is 28.3. The Morgan fingerprint density at radius 1 is 0.591 bits per heavy atom. The molecule has 5 atom stereocenters. The van der Waals surface area contributed by atoms with Gasteiger partial charge in [-0.3, -0.25) is 0 Å². The van der Waals surface area contributed by atoms with Crippen LogP contribution in [0.25, 0.3) is 0 Å². The first-order valence-corrected chi connectivity index (χ1v) is 16.3. The van der Waals surface area contributed by atoms with Crippen LogP contribution in [0, 0.1) is 68.2 Å². The van der Waals surface area contributed by atoms with Gasteiger partial charge in [0, 0.05) is 40.5 Å². The zero-order valence-corrected chi connectivity index (χ0v) is 28.3. The lowest BCUT2D eigenvalue weighted by molar-refractivity contribution is -0.149. The SMILES string of the molecule is Cc1cc2c(cc1C)C1CC(c3cc(C)c(C)c(C)c3)(O2)Oc2cc(C)c3c(c21)OC(c1cc(C)c(C)c(C)c1)C(C)C3C. The van der Waals surface area contributed by atoms with Crippen molar-refractivity contribution < 1.29 is 14.2 Å². The van der Waals surface area contributed by atoms with Gasteiger partial charge in [-0.15, -0.1) is 0 Å². The first-order chi connectivity index (χ1) is 20.8. The highest BCUT2D eigenvalue weighted by Crippen LogP contribution is 2.61. The van der Waals surface area contributed by atoms with Crippen LogP contribution < -0.4 is 14.2 Å². The molecule has 0 amide bonds. The molecule has 4 aromatic carbocycles. The summed E-state index contributed by atoms with van der Waals surface area (Å²) < 4.78 is 21.4. The first kappa shape index (κ1) is 29.0. The lowest BCUT2D eigenvalue weighted by Crippen LogP contribution is -2.47. The van der Waals surface area contributed by atoms with Gasteiger partial charge in [-0.05, 0) is 148 Å². The summed E-state index contributed by atoms with van der Waals surface area (Å²) in [4.78, 5) is 0. The Labute approximate surface area is 263 Å². The molecule has 0 N–H and O–H groups in total. The van der Waals surface area contributed by atoms with E-state index in [0.29, 0.717) is 18.3 Å². The standard InChI is InChI=1S/C41H46O3/c1-20-16-33-34-19-41(43-35(33)17-21(20)2,32-14-24(5)28(9)25(6)15-32)44-36-18-26(7)37-29(10)30(11)39(42-40(37)38(34)36)31-12-22(3)27(8)23(4)13-31/h12-18,29-30,34,39H,19H2,1-11H3. The lowest BCUT2D eigenvalue weighted by Gasteiger charge is -2.49. The molecule has 7 rings (SSSR count). The molecule has 3 heteroatoms. The molecule has 0 fully saturated rings. The van der Waals surface area contributed by atoms with Crippen molar-refractivity contribution in [2.75, 3.05) is 0 Å². The molecule has 3 aliphatic heterocycles. The average molecular weight is 587 g/mol. The number of hydrogen-bond donors (Lipinski definition) is 0. The van der Waals surface area contributed by atoms with Gasteiger partial charge in [-0.2, -0.15) is 0 Å². The third-order valence-electron chi connectivity index (χ3n) is 11.5. The number of aryl methyl sites for hydroxylation is 7. The van der Waals surface area contributed by atoms with Gasteiger partial charge in [-0.1, -0.05) is 32.0 Å². The lowest BCUT2D eigenvalue weighted by atomic mass is 9.72. The van der Waals surface area contributed by atoms with E-state index in [9.17, 15) is 0 Å². The van der Waals surface area contributed by atoms with Gasteiger partial charge in [0.15, 0.2) is 0 Å². The number of ether oxygens (including phenoxy) is 3. The zero-order chi connectivity index (χ0) is 31.4. The van der Waals surface area contributed by atoms with Crippen molar-refractivity contribution in [1.82, 2.24) is 0 Å². The van der Waals surface area contributed by atoms with E-state index in [2.05, 4.69) is 119 Å². The summed E-state index contributed by atoms with van der Waals surface area (Å²) in [5, 5.41) is 0. The number of rotatable bonds is 2. The molecule has 2 bridgehead atoms. The van der Waals surface area contributed by atoms with Crippen LogP contribution in [0.2, 0.25) is 0 Å². The number of benzene rings is 4. The topological polar surface area (TPSA) is 27.7 Å². The van der Waals surface area contributed by atoms with Crippen LogP contribution in [0.15, 0.2) is 42.5 Å². The van der Waals surface area contributed by atoms with E-state index in [1.54, 1.807) is 0 Å². The van der Waals surface area contributed by atoms with Crippen LogP contribution in [0.3, 0.4) is 0 Å². The van der Waals surface area contributed by atoms with Gasteiger partial charge in [0.05, 0.1) is 0 Å². The minimum absolute atomic E-state index is 0.0328. The molecule has 4 aromatic rings. The van der Waals surface area contributed by atoms with Gasteiger partial charge in [0.2, 0.25) is 0 Å². The fourth-order valence-electron chi connectivity index (χ4n) is 8.02. The summed E-state index contributed by atoms with van der Waals surface area (Å²) in [5.74, 6) is 2.66. The highest BCUT2D eigenvalue weighted by molar-refractivity contribution is 5.64. The molecule has 5 unspecified atom stereocenters. The van der Waals surface area contributed by atoms with Gasteiger partial charge in [-0.25, -0.2) is 0 Å². The predicted molar refractivity (Wildman–Crippen MR) is 179 cm³/mol. The first-order valence-electron chi connectivity index (χ1n) is 16.3. The van der Waals surface area contributed by atoms with Crippen LogP contribution in [0.4, 0.5) is 0 Å². The second kappa shape index (κ2) is 9.89. The van der Waals surface area contributed by atoms with Gasteiger partial charge >= 0.3 is 0 Å². The van der Waals surface area contributed by atoms with Crippen molar-refractivity contribution in [3.8, 4) is 17.2 Å². The van der Waals surface area contributed by atoms with Crippen LogP contribution in [0.5, 0.6) is 17.2 Å². The van der Waals surface area contributed by atoms with E-state index in [1.165, 1.54) is 72.3 Å². The Morgan fingerprint density at radius 2 is 1.14 bits per heavy atom. The molecule has 0 aliphatic carbocycles. The van der Waals surface area contributed by atoms with E-state index in [-0.39, 0.29) is 12.0 Å². The molecule has 0 radical (unpaired) electrons. The van der Waals surface area contributed by atoms with E-state index in [1.807, 2.05) is 0 Å². The van der Waals surface area contributed by atoms with E-state index in [0.717, 1.165) is 22.8 Å². The Kier molecular flexibility index (Phi) is 6.52. The maximum atomic E-state index is 7.26. The molecule has 44 heavy (non-hydrogen) atoms. The number of fused-ring (bicyclic) bond motifs is 8. The third-order valence-corrected chi connectivity index (χ3v) is 11.5. The second-order valence-corrected chi connectivity index (χ2v) is 14.2. The summed E-state index contributed by atoms with van der Waals surface area (Å²) in [5.41, 5.74) is 17.6. The largest absolute Gasteiger partial charge is 0.485 e. The van der Waals surface area contributed by atoms with Crippen molar-refractivity contribution in [2.45, 2.75) is 106 Å². The Morgan fingerprint density at radius 3 is 1.77 bits per heavy atom. The van der Waals surface area contributed by atoms with E-state index < -0.39 is 5.79 Å². The quantitative estimate of drug-likeness (QED) is 0.234. The Balaban J connectivity index is 1.47. The highest BCUT2D eigenvalue weighted by atomic mass is 16.7. The smallest absolute Gasteiger partial charge is 0.278 e. The molecular weight excluding hydrogens is 540 g/mol. The molecule has 3 heterocycles. The predicted octanol–water partition coefficient (Wildman–Crippen LogP) is 10.5. The summed E-state index contributed by atoms with van der Waals surface area (Å²) in [7, 11) is 0. The third kappa shape index (κ3) is 4.15. The maximum absolute atomic E-state index is 7.26. The van der Waals surface area contributed by atoms with Crippen LogP contribution >= 0.6 is 0 Å². The molecule has 0 saturated carbocycles. The molecule has 3 nitrogen and oxygen atoms in total. The summed E-state index contributed by atoms with van der Waals surface area (Å²) >= 11 is 0. The van der Waals surface area contributed by atoms with Gasteiger partial charge < -0.3 is 14.2 Å². The average Bonchev–Trinajstić information content (AvgIpc) is 2.96. The second-order valence-electron chi connectivity index (χ2n) is 14.2. The van der Waals surface area contributed by atoms with Crippen LogP contribution in [-0.2, 0) is 5.79 Å². The van der Waals surface area contributed by atoms with Crippen LogP contribution in [-0.4, -0.2) is 0 Å². The Hall–Kier alpha value is -3.72. The van der Waals surface area contributed by atoms with Crippen molar-refractivity contribution >= 4 is 0 Å². The summed E-state index contributed by atoms with van der Waals surface area (Å²) in [6.07, 6.45) is 0.669. The monoisotopic (exact) mass is 586 g/mol. The van der Waals surface area contributed by atoms with Crippen molar-refractivity contribution in [3.63, 3.8) is 0 Å². The fraction of sp³-hybridized carbons (Fsp3) is 0.415. The van der Waals surface area contributed by atoms with Crippen LogP contribution in [0.1, 0.15) is 116 Å². The van der Waals surface area contributed by atoms with Crippen molar-refractivity contribution in [3.05, 3.63) is 120 Å². The molecule has 228 valence electrons. The summed E-state index contributed by atoms with van der Waals surface area (Å²) in [6.45, 7) is 24.5. The molecular formula is C41H46O3. The normalized spacial score (nSPS) is 24.8. The maximum Gasteiger partial charge on any atom is 0.278 e. The Bertz CT molecular complexity index is 1820. The fourth-order valence-corrected chi connectivity index (χ4v) is 8.02. The number of hydrogen-bond acceptors (Lipinski definition) is 3. The highest BCUT2D eigenvalue weighted by Gasteiger charge is 2.52. The minimum atomic E-state index is -0.908.